The molecule has 5 heterocycles. The van der Waals surface area contributed by atoms with Gasteiger partial charge in [0.05, 0.1) is 31.5 Å². The Balaban J connectivity index is 1.21. The van der Waals surface area contributed by atoms with Gasteiger partial charge in [-0.15, -0.1) is 0 Å². The lowest BCUT2D eigenvalue weighted by Gasteiger charge is -2.33. The Labute approximate surface area is 229 Å². The van der Waals surface area contributed by atoms with Crippen molar-refractivity contribution in [3.05, 3.63) is 71.9 Å². The van der Waals surface area contributed by atoms with Gasteiger partial charge >= 0.3 is 0 Å². The first-order valence-electron chi connectivity index (χ1n) is 13.7. The molecule has 6 rings (SSSR count). The van der Waals surface area contributed by atoms with E-state index in [0.717, 1.165) is 92.4 Å². The van der Waals surface area contributed by atoms with Crippen molar-refractivity contribution < 1.29 is 9.53 Å². The predicted molar refractivity (Wildman–Crippen MR) is 152 cm³/mol. The molecule has 9 nitrogen and oxygen atoms in total. The predicted octanol–water partition coefficient (Wildman–Crippen LogP) is 3.04. The quantitative estimate of drug-likeness (QED) is 0.341. The Morgan fingerprint density at radius 3 is 2.54 bits per heavy atom. The number of fused-ring (bicyclic) bond motifs is 1. The SMILES string of the molecule is CN1CCN(c2cc(C(=O)Cc3cc4cc(-c5cnn(C)c5CN5CCOCC5)ccc4cn3)ccn2)CC1. The lowest BCUT2D eigenvalue weighted by Crippen LogP contribution is -2.44. The molecule has 2 aliphatic heterocycles. The highest BCUT2D eigenvalue weighted by Crippen LogP contribution is 2.28. The molecule has 2 fully saturated rings. The standard InChI is InChI=1S/C30H35N7O2/c1-34-7-9-37(10-8-34)30-17-23(5-6-31-30)29(38)18-26-16-25-15-22(3-4-24(25)19-32-26)27-20-33-35(2)28(27)21-36-11-13-39-14-12-36/h3-6,15-17,19-20H,7-14,18,21H2,1-2H3. The summed E-state index contributed by atoms with van der Waals surface area (Å²) in [5.74, 6) is 0.922. The summed E-state index contributed by atoms with van der Waals surface area (Å²) in [7, 11) is 4.13. The minimum Gasteiger partial charge on any atom is -0.379 e. The molecule has 2 aliphatic rings. The molecule has 0 unspecified atom stereocenters. The second kappa shape index (κ2) is 11.2. The monoisotopic (exact) mass is 525 g/mol. The second-order valence-corrected chi connectivity index (χ2v) is 10.5. The van der Waals surface area contributed by atoms with Gasteiger partial charge in [-0.1, -0.05) is 12.1 Å². The summed E-state index contributed by atoms with van der Waals surface area (Å²) < 4.78 is 7.48. The fraction of sp³-hybridized carbons (Fsp3) is 0.400. The summed E-state index contributed by atoms with van der Waals surface area (Å²) in [5, 5.41) is 6.68. The first-order chi connectivity index (χ1) is 19.0. The number of carbonyl (C=O) groups is 1. The number of pyridine rings is 2. The zero-order valence-electron chi connectivity index (χ0n) is 22.7. The number of hydrogen-bond donors (Lipinski definition) is 0. The third-order valence-electron chi connectivity index (χ3n) is 7.86. The van der Waals surface area contributed by atoms with E-state index < -0.39 is 0 Å². The van der Waals surface area contributed by atoms with Crippen LogP contribution in [0.25, 0.3) is 21.9 Å². The normalized spacial score (nSPS) is 17.1. The number of hydrogen-bond acceptors (Lipinski definition) is 8. The van der Waals surface area contributed by atoms with Gasteiger partial charge in [0.15, 0.2) is 5.78 Å². The molecule has 0 N–H and O–H groups in total. The van der Waals surface area contributed by atoms with Crippen LogP contribution in [0.1, 0.15) is 21.7 Å². The smallest absolute Gasteiger partial charge is 0.169 e. The average Bonchev–Trinajstić information content (AvgIpc) is 3.33. The second-order valence-electron chi connectivity index (χ2n) is 10.5. The van der Waals surface area contributed by atoms with Crippen molar-refractivity contribution in [2.75, 3.05) is 64.4 Å². The molecular weight excluding hydrogens is 490 g/mol. The first kappa shape index (κ1) is 25.6. The highest BCUT2D eigenvalue weighted by atomic mass is 16.5. The van der Waals surface area contributed by atoms with Crippen LogP contribution in [0, 0.1) is 0 Å². The molecule has 0 amide bonds. The van der Waals surface area contributed by atoms with Crippen LogP contribution in [0.3, 0.4) is 0 Å². The van der Waals surface area contributed by atoms with Crippen LogP contribution in [-0.2, 0) is 24.8 Å². The maximum Gasteiger partial charge on any atom is 0.169 e. The summed E-state index contributed by atoms with van der Waals surface area (Å²) in [6.07, 6.45) is 5.80. The van der Waals surface area contributed by atoms with Gasteiger partial charge in [0.2, 0.25) is 0 Å². The molecule has 202 valence electrons. The van der Waals surface area contributed by atoms with E-state index in [4.69, 9.17) is 4.74 Å². The largest absolute Gasteiger partial charge is 0.379 e. The van der Waals surface area contributed by atoms with Crippen molar-refractivity contribution in [2.45, 2.75) is 13.0 Å². The number of carbonyl (C=O) groups excluding carboxylic acids is 1. The molecule has 0 radical (unpaired) electrons. The summed E-state index contributed by atoms with van der Waals surface area (Å²) >= 11 is 0. The summed E-state index contributed by atoms with van der Waals surface area (Å²) in [6.45, 7) is 8.07. The Bertz CT molecular complexity index is 1470. The van der Waals surface area contributed by atoms with Gasteiger partial charge in [-0.2, -0.15) is 5.10 Å². The molecule has 0 saturated carbocycles. The molecule has 0 atom stereocenters. The van der Waals surface area contributed by atoms with Crippen LogP contribution in [-0.4, -0.2) is 94.9 Å². The molecule has 3 aromatic heterocycles. The highest BCUT2D eigenvalue weighted by Gasteiger charge is 2.19. The molecule has 9 heteroatoms. The minimum atomic E-state index is 0.0517. The third-order valence-corrected chi connectivity index (χ3v) is 7.86. The molecule has 0 aliphatic carbocycles. The average molecular weight is 526 g/mol. The lowest BCUT2D eigenvalue weighted by atomic mass is 10.0. The fourth-order valence-corrected chi connectivity index (χ4v) is 5.38. The number of nitrogens with zero attached hydrogens (tertiary/aromatic N) is 7. The van der Waals surface area contributed by atoms with E-state index in [-0.39, 0.29) is 12.2 Å². The molecule has 1 aromatic carbocycles. The van der Waals surface area contributed by atoms with Crippen LogP contribution in [0.15, 0.2) is 55.0 Å². The number of aromatic nitrogens is 4. The number of morpholine rings is 1. The number of ketones is 1. The number of Topliss-reactive ketones (excluding diaryl/α,β-unsaturated/α-hetero) is 1. The van der Waals surface area contributed by atoms with Gasteiger partial charge in [-0.05, 0) is 42.3 Å². The minimum absolute atomic E-state index is 0.0517. The lowest BCUT2D eigenvalue weighted by molar-refractivity contribution is 0.0332. The van der Waals surface area contributed by atoms with Gasteiger partial charge in [-0.3, -0.25) is 19.4 Å². The zero-order valence-corrected chi connectivity index (χ0v) is 22.7. The number of anilines is 1. The van der Waals surface area contributed by atoms with Crippen LogP contribution in [0.5, 0.6) is 0 Å². The van der Waals surface area contributed by atoms with Crippen LogP contribution in [0.4, 0.5) is 5.82 Å². The number of benzene rings is 1. The van der Waals surface area contributed by atoms with Gasteiger partial charge in [0.1, 0.15) is 5.82 Å². The van der Waals surface area contributed by atoms with Crippen molar-refractivity contribution in [1.29, 1.82) is 0 Å². The van der Waals surface area contributed by atoms with Gasteiger partial charge in [0, 0.05) is 87.5 Å². The molecule has 0 spiro atoms. The van der Waals surface area contributed by atoms with Crippen molar-refractivity contribution >= 4 is 22.4 Å². The summed E-state index contributed by atoms with van der Waals surface area (Å²) in [6, 6.07) is 12.2. The van der Waals surface area contributed by atoms with Crippen LogP contribution in [0.2, 0.25) is 0 Å². The Hall–Kier alpha value is -3.66. The Morgan fingerprint density at radius 2 is 1.72 bits per heavy atom. The molecular formula is C30H35N7O2. The maximum absolute atomic E-state index is 13.2. The molecule has 2 saturated heterocycles. The van der Waals surface area contributed by atoms with E-state index in [1.165, 1.54) is 5.69 Å². The number of ether oxygens (including phenoxy) is 1. The van der Waals surface area contributed by atoms with Crippen molar-refractivity contribution in [3.8, 4) is 11.1 Å². The fourth-order valence-electron chi connectivity index (χ4n) is 5.38. The van der Waals surface area contributed by atoms with Gasteiger partial charge in [0.25, 0.3) is 0 Å². The van der Waals surface area contributed by atoms with E-state index in [1.54, 1.807) is 12.3 Å². The summed E-state index contributed by atoms with van der Waals surface area (Å²) in [5.41, 5.74) is 4.89. The van der Waals surface area contributed by atoms with E-state index in [1.807, 2.05) is 36.3 Å². The van der Waals surface area contributed by atoms with Gasteiger partial charge in [-0.25, -0.2) is 4.98 Å². The van der Waals surface area contributed by atoms with E-state index in [2.05, 4.69) is 55.0 Å². The summed E-state index contributed by atoms with van der Waals surface area (Å²) in [4.78, 5) is 29.3. The molecule has 4 aromatic rings. The van der Waals surface area contributed by atoms with Gasteiger partial charge < -0.3 is 14.5 Å². The van der Waals surface area contributed by atoms with Crippen LogP contribution < -0.4 is 4.90 Å². The van der Waals surface area contributed by atoms with Crippen molar-refractivity contribution in [3.63, 3.8) is 0 Å². The Kier molecular flexibility index (Phi) is 7.36. The third kappa shape index (κ3) is 5.71. The maximum atomic E-state index is 13.2. The number of likely N-dealkylation sites (N-methyl/N-ethyl adjacent to an activating group) is 1. The van der Waals surface area contributed by atoms with E-state index in [0.29, 0.717) is 5.56 Å². The number of rotatable bonds is 7. The Morgan fingerprint density at radius 1 is 0.897 bits per heavy atom. The molecule has 39 heavy (non-hydrogen) atoms. The van der Waals surface area contributed by atoms with Crippen molar-refractivity contribution in [2.24, 2.45) is 7.05 Å². The van der Waals surface area contributed by atoms with E-state index in [9.17, 15) is 4.79 Å². The highest BCUT2D eigenvalue weighted by molar-refractivity contribution is 5.98. The van der Waals surface area contributed by atoms with Crippen molar-refractivity contribution in [1.82, 2.24) is 29.5 Å². The number of aryl methyl sites for hydroxylation is 1. The molecule has 0 bridgehead atoms. The topological polar surface area (TPSA) is 79.6 Å². The van der Waals surface area contributed by atoms with E-state index >= 15 is 0 Å². The first-order valence-corrected chi connectivity index (χ1v) is 13.7. The number of piperazine rings is 1. The van der Waals surface area contributed by atoms with Crippen LogP contribution >= 0.6 is 0 Å². The zero-order chi connectivity index (χ0) is 26.8.